The molecule has 2 aromatic carbocycles. The average molecular weight is 319 g/mol. The van der Waals surface area contributed by atoms with Crippen LogP contribution in [0.15, 0.2) is 48.5 Å². The number of fused-ring (bicyclic) bond motifs is 2. The molecule has 0 saturated heterocycles. The lowest BCUT2D eigenvalue weighted by Crippen LogP contribution is -2.12. The first-order valence-corrected chi connectivity index (χ1v) is 8.64. The minimum absolute atomic E-state index is 0.158. The summed E-state index contributed by atoms with van der Waals surface area (Å²) in [6, 6.07) is 14.8. The average Bonchev–Trinajstić information content (AvgIpc) is 2.72. The minimum atomic E-state index is 0.158. The van der Waals surface area contributed by atoms with E-state index < -0.39 is 0 Å². The number of hydrogen-bond acceptors (Lipinski definition) is 2. The van der Waals surface area contributed by atoms with Crippen LogP contribution in [0.4, 0.5) is 0 Å². The Kier molecular flexibility index (Phi) is 4.96. The van der Waals surface area contributed by atoms with E-state index in [-0.39, 0.29) is 5.78 Å². The Hall–Kier alpha value is -2.19. The van der Waals surface area contributed by atoms with E-state index in [1.165, 1.54) is 27.8 Å². The molecule has 0 fully saturated rings. The summed E-state index contributed by atoms with van der Waals surface area (Å²) in [5.41, 5.74) is 7.28. The molecule has 3 rings (SSSR count). The lowest BCUT2D eigenvalue weighted by molar-refractivity contribution is 0.101. The molecule has 0 N–H and O–H groups in total. The Bertz CT molecular complexity index is 786. The van der Waals surface area contributed by atoms with Crippen LogP contribution in [0.1, 0.15) is 46.0 Å². The molecule has 124 valence electrons. The van der Waals surface area contributed by atoms with Crippen LogP contribution in [0.2, 0.25) is 0 Å². The Morgan fingerprint density at radius 2 is 1.79 bits per heavy atom. The van der Waals surface area contributed by atoms with E-state index in [0.29, 0.717) is 0 Å². The highest BCUT2D eigenvalue weighted by molar-refractivity contribution is 5.98. The maximum Gasteiger partial charge on any atom is 0.160 e. The molecule has 2 aromatic rings. The summed E-state index contributed by atoms with van der Waals surface area (Å²) < 4.78 is 0. The fourth-order valence-corrected chi connectivity index (χ4v) is 3.53. The molecule has 1 aliphatic carbocycles. The fraction of sp³-hybridized carbons (Fsp3) is 0.318. The summed E-state index contributed by atoms with van der Waals surface area (Å²) in [5.74, 6) is 0.158. The molecular weight excluding hydrogens is 294 g/mol. The van der Waals surface area contributed by atoms with Gasteiger partial charge in [0, 0.05) is 12.1 Å². The largest absolute Gasteiger partial charge is 0.309 e. The number of benzene rings is 2. The monoisotopic (exact) mass is 319 g/mol. The molecule has 0 amide bonds. The van der Waals surface area contributed by atoms with E-state index in [1.807, 2.05) is 12.1 Å². The third kappa shape index (κ3) is 3.34. The number of Topliss-reactive ketones (excluding diaryl/α,β-unsaturated/α-hetero) is 1. The zero-order valence-corrected chi connectivity index (χ0v) is 14.8. The Balaban J connectivity index is 2.15. The lowest BCUT2D eigenvalue weighted by Gasteiger charge is -2.15. The highest BCUT2D eigenvalue weighted by atomic mass is 16.1. The second-order valence-corrected chi connectivity index (χ2v) is 6.75. The van der Waals surface area contributed by atoms with Crippen molar-refractivity contribution in [1.82, 2.24) is 4.90 Å². The van der Waals surface area contributed by atoms with Crippen LogP contribution >= 0.6 is 0 Å². The molecule has 24 heavy (non-hydrogen) atoms. The van der Waals surface area contributed by atoms with Crippen LogP contribution in [-0.2, 0) is 12.8 Å². The standard InChI is InChI=1S/C22H25NO/c1-16(24)18-10-6-11-21-20(12-7-15-23(2)3)19-9-5-4-8-17(19)13-14-22(18)21/h4-6,8-12H,7,13-15H2,1-3H3/b20-12-. The summed E-state index contributed by atoms with van der Waals surface area (Å²) in [6.45, 7) is 2.69. The van der Waals surface area contributed by atoms with Crippen molar-refractivity contribution in [1.29, 1.82) is 0 Å². The Morgan fingerprint density at radius 1 is 1.04 bits per heavy atom. The number of ketones is 1. The number of nitrogens with zero attached hydrogens (tertiary/aromatic N) is 1. The smallest absolute Gasteiger partial charge is 0.160 e. The quantitative estimate of drug-likeness (QED) is 0.780. The number of carbonyl (C=O) groups excluding carboxylic acids is 1. The molecule has 0 aromatic heterocycles. The molecule has 2 heteroatoms. The van der Waals surface area contributed by atoms with Crippen LogP contribution in [0, 0.1) is 0 Å². The summed E-state index contributed by atoms with van der Waals surface area (Å²) in [6.07, 6.45) is 5.25. The van der Waals surface area contributed by atoms with Gasteiger partial charge >= 0.3 is 0 Å². The highest BCUT2D eigenvalue weighted by Crippen LogP contribution is 2.35. The molecule has 0 radical (unpaired) electrons. The molecule has 0 spiro atoms. The van der Waals surface area contributed by atoms with Crippen LogP contribution < -0.4 is 0 Å². The Morgan fingerprint density at radius 3 is 2.54 bits per heavy atom. The molecule has 1 aliphatic rings. The first-order chi connectivity index (χ1) is 11.6. The van der Waals surface area contributed by atoms with Gasteiger partial charge in [-0.3, -0.25) is 4.79 Å². The van der Waals surface area contributed by atoms with Gasteiger partial charge in [0.1, 0.15) is 0 Å². The van der Waals surface area contributed by atoms with E-state index in [1.54, 1.807) is 6.92 Å². The van der Waals surface area contributed by atoms with Gasteiger partial charge < -0.3 is 4.90 Å². The Labute approximate surface area is 144 Å². The second kappa shape index (κ2) is 7.14. The number of rotatable bonds is 4. The van der Waals surface area contributed by atoms with E-state index in [9.17, 15) is 4.79 Å². The summed E-state index contributed by atoms with van der Waals surface area (Å²) in [7, 11) is 4.20. The van der Waals surface area contributed by atoms with Crippen LogP contribution in [0.3, 0.4) is 0 Å². The van der Waals surface area contributed by atoms with Crippen molar-refractivity contribution < 1.29 is 4.79 Å². The molecule has 0 bridgehead atoms. The highest BCUT2D eigenvalue weighted by Gasteiger charge is 2.20. The summed E-state index contributed by atoms with van der Waals surface area (Å²) in [4.78, 5) is 14.3. The zero-order valence-electron chi connectivity index (χ0n) is 14.8. The van der Waals surface area contributed by atoms with Gasteiger partial charge in [-0.05, 0) is 68.1 Å². The third-order valence-corrected chi connectivity index (χ3v) is 4.72. The molecular formula is C22H25NO. The second-order valence-electron chi connectivity index (χ2n) is 6.75. The van der Waals surface area contributed by atoms with Crippen molar-refractivity contribution in [3.05, 3.63) is 76.4 Å². The number of hydrogen-bond donors (Lipinski definition) is 0. The summed E-state index contributed by atoms with van der Waals surface area (Å²) >= 11 is 0. The summed E-state index contributed by atoms with van der Waals surface area (Å²) in [5, 5.41) is 0. The molecule has 0 saturated carbocycles. The van der Waals surface area contributed by atoms with Crippen molar-refractivity contribution in [3.8, 4) is 0 Å². The fourth-order valence-electron chi connectivity index (χ4n) is 3.53. The van der Waals surface area contributed by atoms with Gasteiger partial charge in [0.15, 0.2) is 5.78 Å². The first-order valence-electron chi connectivity index (χ1n) is 8.64. The van der Waals surface area contributed by atoms with Gasteiger partial charge in [0.05, 0.1) is 0 Å². The number of aryl methyl sites for hydroxylation is 1. The van der Waals surface area contributed by atoms with Crippen molar-refractivity contribution in [2.45, 2.75) is 26.2 Å². The van der Waals surface area contributed by atoms with Gasteiger partial charge in [-0.25, -0.2) is 0 Å². The topological polar surface area (TPSA) is 20.3 Å². The van der Waals surface area contributed by atoms with Gasteiger partial charge in [0.2, 0.25) is 0 Å². The third-order valence-electron chi connectivity index (χ3n) is 4.72. The van der Waals surface area contributed by atoms with Gasteiger partial charge in [-0.2, -0.15) is 0 Å². The molecule has 0 aliphatic heterocycles. The van der Waals surface area contributed by atoms with E-state index in [2.05, 4.69) is 55.4 Å². The van der Waals surface area contributed by atoms with Crippen molar-refractivity contribution in [2.24, 2.45) is 0 Å². The van der Waals surface area contributed by atoms with Gasteiger partial charge in [0.25, 0.3) is 0 Å². The maximum absolute atomic E-state index is 12.1. The van der Waals surface area contributed by atoms with Crippen molar-refractivity contribution in [2.75, 3.05) is 20.6 Å². The van der Waals surface area contributed by atoms with Crippen molar-refractivity contribution >= 4 is 11.4 Å². The minimum Gasteiger partial charge on any atom is -0.309 e. The number of carbonyl (C=O) groups is 1. The predicted molar refractivity (Wildman–Crippen MR) is 101 cm³/mol. The van der Waals surface area contributed by atoms with Crippen LogP contribution in [0.25, 0.3) is 5.57 Å². The SMILES string of the molecule is CC(=O)c1cccc2c1CCc1ccccc1/C2=C/CCN(C)C. The lowest BCUT2D eigenvalue weighted by atomic mass is 9.90. The zero-order chi connectivity index (χ0) is 17.1. The molecule has 0 unspecified atom stereocenters. The van der Waals surface area contributed by atoms with E-state index in [4.69, 9.17) is 0 Å². The van der Waals surface area contributed by atoms with Gasteiger partial charge in [-0.15, -0.1) is 0 Å². The normalized spacial score (nSPS) is 15.1. The van der Waals surface area contributed by atoms with Crippen LogP contribution in [-0.4, -0.2) is 31.3 Å². The van der Waals surface area contributed by atoms with Crippen molar-refractivity contribution in [3.63, 3.8) is 0 Å². The maximum atomic E-state index is 12.1. The first kappa shape index (κ1) is 16.7. The molecule has 2 nitrogen and oxygen atoms in total. The van der Waals surface area contributed by atoms with E-state index in [0.717, 1.165) is 31.4 Å². The predicted octanol–water partition coefficient (Wildman–Crippen LogP) is 4.37. The molecule has 0 heterocycles. The van der Waals surface area contributed by atoms with Crippen LogP contribution in [0.5, 0.6) is 0 Å². The molecule has 0 atom stereocenters. The van der Waals surface area contributed by atoms with Gasteiger partial charge in [-0.1, -0.05) is 48.5 Å². The van der Waals surface area contributed by atoms with E-state index >= 15 is 0 Å².